The second-order valence-electron chi connectivity index (χ2n) is 4.86. The molecule has 3 N–H and O–H groups in total. The summed E-state index contributed by atoms with van der Waals surface area (Å²) >= 11 is 0. The summed E-state index contributed by atoms with van der Waals surface area (Å²) in [4.78, 5) is 12.0. The molecule has 0 saturated heterocycles. The van der Waals surface area contributed by atoms with Crippen LogP contribution in [0.2, 0.25) is 0 Å². The number of anilines is 1. The van der Waals surface area contributed by atoms with Gasteiger partial charge in [-0.15, -0.1) is 0 Å². The van der Waals surface area contributed by atoms with Crippen LogP contribution in [-0.2, 0) is 11.2 Å². The van der Waals surface area contributed by atoms with Gasteiger partial charge >= 0.3 is 0 Å². The molecule has 0 spiro atoms. The van der Waals surface area contributed by atoms with Gasteiger partial charge in [-0.05, 0) is 31.0 Å². The first-order valence-corrected chi connectivity index (χ1v) is 6.99. The fraction of sp³-hybridized carbons (Fsp3) is 0.235. The number of rotatable bonds is 6. The van der Waals surface area contributed by atoms with E-state index in [2.05, 4.69) is 5.32 Å². The van der Waals surface area contributed by atoms with Gasteiger partial charge in [0.2, 0.25) is 0 Å². The van der Waals surface area contributed by atoms with E-state index in [0.29, 0.717) is 18.0 Å². The molecule has 0 bridgehead atoms. The molecule has 0 aliphatic heterocycles. The molecule has 2 aromatic rings. The summed E-state index contributed by atoms with van der Waals surface area (Å²) in [6.07, 6.45) is 0.250. The standard InChI is InChI=1S/C17H20N2O2/c1-13(21-16-9-5-8-15(18)12-16)17(20)19-11-10-14-6-3-2-4-7-14/h2-9,12-13H,10-11,18H2,1H3,(H,19,20)/t13-/m0/s1. The van der Waals surface area contributed by atoms with Crippen molar-refractivity contribution >= 4 is 11.6 Å². The second-order valence-corrected chi connectivity index (χ2v) is 4.86. The van der Waals surface area contributed by atoms with Crippen molar-refractivity contribution in [3.8, 4) is 5.75 Å². The van der Waals surface area contributed by atoms with Crippen LogP contribution in [0.4, 0.5) is 5.69 Å². The number of hydrogen-bond donors (Lipinski definition) is 2. The van der Waals surface area contributed by atoms with Gasteiger partial charge in [0, 0.05) is 18.3 Å². The lowest BCUT2D eigenvalue weighted by molar-refractivity contribution is -0.127. The Balaban J connectivity index is 1.77. The Morgan fingerprint density at radius 3 is 2.67 bits per heavy atom. The summed E-state index contributed by atoms with van der Waals surface area (Å²) in [5, 5.41) is 2.87. The molecule has 0 aliphatic rings. The van der Waals surface area contributed by atoms with Crippen LogP contribution in [0, 0.1) is 0 Å². The quantitative estimate of drug-likeness (QED) is 0.801. The van der Waals surface area contributed by atoms with Crippen LogP contribution >= 0.6 is 0 Å². The number of benzene rings is 2. The molecule has 0 unspecified atom stereocenters. The maximum atomic E-state index is 12.0. The third-order valence-corrected chi connectivity index (χ3v) is 3.10. The highest BCUT2D eigenvalue weighted by molar-refractivity contribution is 5.80. The van der Waals surface area contributed by atoms with E-state index in [1.807, 2.05) is 30.3 Å². The normalized spacial score (nSPS) is 11.7. The van der Waals surface area contributed by atoms with Crippen molar-refractivity contribution in [3.63, 3.8) is 0 Å². The summed E-state index contributed by atoms with van der Waals surface area (Å²) in [5.74, 6) is 0.467. The fourth-order valence-electron chi connectivity index (χ4n) is 1.96. The van der Waals surface area contributed by atoms with Crippen LogP contribution in [0.5, 0.6) is 5.75 Å². The number of carbonyl (C=O) groups is 1. The molecule has 0 saturated carbocycles. The number of nitrogen functional groups attached to an aromatic ring is 1. The summed E-state index contributed by atoms with van der Waals surface area (Å²) in [6.45, 7) is 2.31. The number of nitrogens with two attached hydrogens (primary N) is 1. The van der Waals surface area contributed by atoms with Gasteiger partial charge in [-0.1, -0.05) is 36.4 Å². The third kappa shape index (κ3) is 4.84. The Morgan fingerprint density at radius 1 is 1.19 bits per heavy atom. The van der Waals surface area contributed by atoms with Gasteiger partial charge in [0.25, 0.3) is 5.91 Å². The number of ether oxygens (including phenoxy) is 1. The first-order chi connectivity index (χ1) is 10.1. The SMILES string of the molecule is C[C@H](Oc1cccc(N)c1)C(=O)NCCc1ccccc1. The van der Waals surface area contributed by atoms with E-state index in [1.54, 1.807) is 31.2 Å². The minimum Gasteiger partial charge on any atom is -0.481 e. The summed E-state index contributed by atoms with van der Waals surface area (Å²) < 4.78 is 5.57. The van der Waals surface area contributed by atoms with Crippen LogP contribution in [0.15, 0.2) is 54.6 Å². The van der Waals surface area contributed by atoms with Crippen LogP contribution in [0.1, 0.15) is 12.5 Å². The van der Waals surface area contributed by atoms with Crippen molar-refractivity contribution in [1.29, 1.82) is 0 Å². The molecule has 0 heterocycles. The Labute approximate surface area is 124 Å². The number of hydrogen-bond acceptors (Lipinski definition) is 3. The van der Waals surface area contributed by atoms with Crippen molar-refractivity contribution < 1.29 is 9.53 Å². The summed E-state index contributed by atoms with van der Waals surface area (Å²) in [6, 6.07) is 17.1. The van der Waals surface area contributed by atoms with Gasteiger partial charge in [-0.3, -0.25) is 4.79 Å². The molecule has 1 atom stereocenters. The lowest BCUT2D eigenvalue weighted by Crippen LogP contribution is -2.37. The average Bonchev–Trinajstić information content (AvgIpc) is 2.48. The van der Waals surface area contributed by atoms with Gasteiger partial charge in [-0.25, -0.2) is 0 Å². The van der Waals surface area contributed by atoms with Crippen molar-refractivity contribution in [3.05, 3.63) is 60.2 Å². The fourth-order valence-corrected chi connectivity index (χ4v) is 1.96. The van der Waals surface area contributed by atoms with E-state index in [9.17, 15) is 4.79 Å². The smallest absolute Gasteiger partial charge is 0.260 e. The van der Waals surface area contributed by atoms with Crippen molar-refractivity contribution in [2.75, 3.05) is 12.3 Å². The Morgan fingerprint density at radius 2 is 1.95 bits per heavy atom. The predicted octanol–water partition coefficient (Wildman–Crippen LogP) is 2.40. The highest BCUT2D eigenvalue weighted by Crippen LogP contribution is 2.15. The van der Waals surface area contributed by atoms with Crippen LogP contribution in [0.25, 0.3) is 0 Å². The minimum atomic E-state index is -0.553. The van der Waals surface area contributed by atoms with E-state index >= 15 is 0 Å². The Kier molecular flexibility index (Phi) is 5.21. The van der Waals surface area contributed by atoms with Crippen LogP contribution < -0.4 is 15.8 Å². The Hall–Kier alpha value is -2.49. The van der Waals surface area contributed by atoms with E-state index in [4.69, 9.17) is 10.5 Å². The zero-order chi connectivity index (χ0) is 15.1. The monoisotopic (exact) mass is 284 g/mol. The minimum absolute atomic E-state index is 0.131. The van der Waals surface area contributed by atoms with Crippen LogP contribution in [-0.4, -0.2) is 18.6 Å². The van der Waals surface area contributed by atoms with Gasteiger partial charge < -0.3 is 15.8 Å². The predicted molar refractivity (Wildman–Crippen MR) is 84.1 cm³/mol. The number of nitrogens with one attached hydrogen (secondary N) is 1. The van der Waals surface area contributed by atoms with Crippen molar-refractivity contribution in [2.45, 2.75) is 19.4 Å². The molecule has 1 amide bonds. The molecule has 4 heteroatoms. The zero-order valence-corrected chi connectivity index (χ0v) is 12.1. The average molecular weight is 284 g/mol. The Bertz CT molecular complexity index is 584. The maximum absolute atomic E-state index is 12.0. The highest BCUT2D eigenvalue weighted by atomic mass is 16.5. The molecular weight excluding hydrogens is 264 g/mol. The largest absolute Gasteiger partial charge is 0.481 e. The van der Waals surface area contributed by atoms with E-state index < -0.39 is 6.10 Å². The molecule has 21 heavy (non-hydrogen) atoms. The molecule has 0 radical (unpaired) electrons. The topological polar surface area (TPSA) is 64.3 Å². The van der Waals surface area contributed by atoms with Gasteiger partial charge in [0.15, 0.2) is 6.10 Å². The third-order valence-electron chi connectivity index (χ3n) is 3.10. The molecule has 0 aliphatic carbocycles. The first-order valence-electron chi connectivity index (χ1n) is 6.99. The second kappa shape index (κ2) is 7.33. The summed E-state index contributed by atoms with van der Waals surface area (Å²) in [7, 11) is 0. The molecule has 2 aromatic carbocycles. The van der Waals surface area contributed by atoms with Crippen LogP contribution in [0.3, 0.4) is 0 Å². The molecule has 110 valence electrons. The van der Waals surface area contributed by atoms with E-state index in [0.717, 1.165) is 6.42 Å². The van der Waals surface area contributed by atoms with Crippen molar-refractivity contribution in [1.82, 2.24) is 5.32 Å². The molecule has 0 fully saturated rings. The van der Waals surface area contributed by atoms with Gasteiger partial charge in [0.1, 0.15) is 5.75 Å². The lowest BCUT2D eigenvalue weighted by atomic mass is 10.1. The summed E-state index contributed by atoms with van der Waals surface area (Å²) in [5.41, 5.74) is 7.49. The van der Waals surface area contributed by atoms with E-state index in [-0.39, 0.29) is 5.91 Å². The maximum Gasteiger partial charge on any atom is 0.260 e. The van der Waals surface area contributed by atoms with E-state index in [1.165, 1.54) is 5.56 Å². The highest BCUT2D eigenvalue weighted by Gasteiger charge is 2.13. The number of amides is 1. The zero-order valence-electron chi connectivity index (χ0n) is 12.1. The van der Waals surface area contributed by atoms with Gasteiger partial charge in [-0.2, -0.15) is 0 Å². The van der Waals surface area contributed by atoms with Crippen molar-refractivity contribution in [2.24, 2.45) is 0 Å². The molecular formula is C17H20N2O2. The number of carbonyl (C=O) groups excluding carboxylic acids is 1. The molecule has 4 nitrogen and oxygen atoms in total. The first kappa shape index (κ1) is 14.9. The lowest BCUT2D eigenvalue weighted by Gasteiger charge is -2.15. The molecule has 2 rings (SSSR count). The molecule has 0 aromatic heterocycles. The van der Waals surface area contributed by atoms with Gasteiger partial charge in [0.05, 0.1) is 0 Å².